The lowest BCUT2D eigenvalue weighted by Crippen LogP contribution is -2.46. The number of nitriles is 1. The van der Waals surface area contributed by atoms with E-state index in [9.17, 15) is 18.0 Å². The molecular formula is C18H14ClF3N6O2. The molecule has 1 amide bonds. The summed E-state index contributed by atoms with van der Waals surface area (Å²) in [5.41, 5.74) is 4.22. The highest BCUT2D eigenvalue weighted by molar-refractivity contribution is 6.31. The van der Waals surface area contributed by atoms with Gasteiger partial charge in [0.15, 0.2) is 6.10 Å². The van der Waals surface area contributed by atoms with Crippen molar-refractivity contribution in [2.45, 2.75) is 31.2 Å². The van der Waals surface area contributed by atoms with E-state index in [1.807, 2.05) is 6.07 Å². The van der Waals surface area contributed by atoms with E-state index in [0.717, 1.165) is 0 Å². The van der Waals surface area contributed by atoms with Crippen molar-refractivity contribution < 1.29 is 22.7 Å². The Morgan fingerprint density at radius 2 is 2.13 bits per heavy atom. The molecule has 0 spiro atoms. The number of amidine groups is 1. The Kier molecular flexibility index (Phi) is 5.54. The third-order valence-corrected chi connectivity index (χ3v) is 4.60. The van der Waals surface area contributed by atoms with Crippen LogP contribution in [0.5, 0.6) is 0 Å². The normalized spacial score (nSPS) is 21.2. The summed E-state index contributed by atoms with van der Waals surface area (Å²) in [5.74, 6) is -0.607. The Morgan fingerprint density at radius 3 is 2.73 bits per heavy atom. The molecule has 2 unspecified atom stereocenters. The first kappa shape index (κ1) is 21.3. The summed E-state index contributed by atoms with van der Waals surface area (Å²) in [7, 11) is 0. The van der Waals surface area contributed by atoms with Crippen LogP contribution >= 0.6 is 11.6 Å². The number of pyridine rings is 2. The van der Waals surface area contributed by atoms with E-state index in [0.29, 0.717) is 0 Å². The molecule has 0 saturated heterocycles. The van der Waals surface area contributed by atoms with Crippen LogP contribution in [0.1, 0.15) is 35.1 Å². The van der Waals surface area contributed by atoms with Gasteiger partial charge in [-0.2, -0.15) is 18.4 Å². The number of hydrogen-bond donors (Lipinski definition) is 2. The van der Waals surface area contributed by atoms with Crippen LogP contribution in [0.3, 0.4) is 0 Å². The summed E-state index contributed by atoms with van der Waals surface area (Å²) in [6.45, 7) is 1.39. The number of amides is 1. The van der Waals surface area contributed by atoms with Crippen molar-refractivity contribution in [1.29, 1.82) is 5.26 Å². The van der Waals surface area contributed by atoms with Crippen molar-refractivity contribution >= 4 is 29.3 Å². The third kappa shape index (κ3) is 4.44. The number of anilines is 1. The van der Waals surface area contributed by atoms with Gasteiger partial charge >= 0.3 is 6.18 Å². The van der Waals surface area contributed by atoms with Crippen LogP contribution in [0.2, 0.25) is 5.02 Å². The van der Waals surface area contributed by atoms with E-state index in [1.54, 1.807) is 0 Å². The second-order valence-corrected chi connectivity index (χ2v) is 7.01. The Labute approximate surface area is 173 Å². The van der Waals surface area contributed by atoms with Crippen molar-refractivity contribution in [1.82, 2.24) is 9.97 Å². The topological polar surface area (TPSA) is 126 Å². The lowest BCUT2D eigenvalue weighted by molar-refractivity contribution is -0.208. The molecule has 8 nitrogen and oxygen atoms in total. The van der Waals surface area contributed by atoms with Crippen molar-refractivity contribution in [3.63, 3.8) is 0 Å². The molecule has 156 valence electrons. The Hall–Kier alpha value is -3.39. The van der Waals surface area contributed by atoms with Crippen LogP contribution in [0.25, 0.3) is 0 Å². The van der Waals surface area contributed by atoms with E-state index in [4.69, 9.17) is 22.6 Å². The quantitative estimate of drug-likeness (QED) is 0.758. The SMILES string of the molecule is CC1(c2nc(NC(=O)c3ccc(C#N)cn3)ccc2Cl)CC(C(F)(F)F)OC(N)=N1. The average molecular weight is 439 g/mol. The predicted molar refractivity (Wildman–Crippen MR) is 101 cm³/mol. The fraction of sp³-hybridized carbons (Fsp3) is 0.278. The zero-order valence-corrected chi connectivity index (χ0v) is 16.1. The minimum Gasteiger partial charge on any atom is -0.452 e. The summed E-state index contributed by atoms with van der Waals surface area (Å²) < 4.78 is 44.2. The van der Waals surface area contributed by atoms with Gasteiger partial charge in [0.05, 0.1) is 16.3 Å². The molecular weight excluding hydrogens is 425 g/mol. The van der Waals surface area contributed by atoms with Gasteiger partial charge in [-0.15, -0.1) is 0 Å². The van der Waals surface area contributed by atoms with E-state index < -0.39 is 36.2 Å². The zero-order valence-electron chi connectivity index (χ0n) is 15.4. The standard InChI is InChI=1S/C18H14ClF3N6O2/c1-17(6-12(18(20,21)22)30-16(24)28-17)14-10(19)3-5-13(26-14)27-15(29)11-4-2-9(7-23)8-25-11/h2-5,8,12H,6H2,1H3,(H2,24,28)(H,26,27,29). The van der Waals surface area contributed by atoms with Crippen molar-refractivity contribution in [2.24, 2.45) is 10.7 Å². The Bertz CT molecular complexity index is 1050. The lowest BCUT2D eigenvalue weighted by atomic mass is 9.89. The summed E-state index contributed by atoms with van der Waals surface area (Å²) in [5, 5.41) is 11.3. The van der Waals surface area contributed by atoms with Crippen LogP contribution in [0.15, 0.2) is 35.5 Å². The second-order valence-electron chi connectivity index (χ2n) is 6.60. The number of hydrogen-bond acceptors (Lipinski definition) is 7. The maximum atomic E-state index is 13.2. The van der Waals surface area contributed by atoms with Crippen molar-refractivity contribution in [2.75, 3.05) is 5.32 Å². The summed E-state index contributed by atoms with van der Waals surface area (Å²) in [4.78, 5) is 24.4. The molecule has 3 heterocycles. The van der Waals surface area contributed by atoms with Gasteiger partial charge in [0.2, 0.25) is 0 Å². The molecule has 0 aliphatic carbocycles. The molecule has 0 saturated carbocycles. The monoisotopic (exact) mass is 438 g/mol. The maximum Gasteiger partial charge on any atom is 0.425 e. The van der Waals surface area contributed by atoms with Crippen molar-refractivity contribution in [3.8, 4) is 6.07 Å². The molecule has 2 aromatic heterocycles. The molecule has 0 fully saturated rings. The summed E-state index contributed by atoms with van der Waals surface area (Å²) >= 11 is 6.17. The second kappa shape index (κ2) is 7.79. The number of rotatable bonds is 3. The molecule has 3 N–H and O–H groups in total. The van der Waals surface area contributed by atoms with E-state index in [1.165, 1.54) is 37.4 Å². The first-order chi connectivity index (χ1) is 14.0. The number of nitrogens with two attached hydrogens (primary N) is 1. The minimum atomic E-state index is -4.67. The summed E-state index contributed by atoms with van der Waals surface area (Å²) in [6.07, 6.45) is -6.22. The maximum absolute atomic E-state index is 13.2. The number of nitrogens with zero attached hydrogens (tertiary/aromatic N) is 4. The summed E-state index contributed by atoms with van der Waals surface area (Å²) in [6, 6.07) is 6.76. The van der Waals surface area contributed by atoms with Gasteiger partial charge in [-0.3, -0.25) is 4.79 Å². The van der Waals surface area contributed by atoms with Gasteiger partial charge in [0.25, 0.3) is 11.9 Å². The molecule has 1 aliphatic rings. The minimum absolute atomic E-state index is 0.00439. The number of ether oxygens (including phenoxy) is 1. The number of nitrogens with one attached hydrogen (secondary N) is 1. The smallest absolute Gasteiger partial charge is 0.425 e. The first-order valence-electron chi connectivity index (χ1n) is 8.45. The van der Waals surface area contributed by atoms with Crippen molar-refractivity contribution in [3.05, 3.63) is 52.4 Å². The molecule has 2 aromatic rings. The Morgan fingerprint density at radius 1 is 1.40 bits per heavy atom. The molecule has 3 rings (SSSR count). The van der Waals surface area contributed by atoms with Gasteiger partial charge in [-0.1, -0.05) is 11.6 Å². The number of aromatic nitrogens is 2. The molecule has 30 heavy (non-hydrogen) atoms. The third-order valence-electron chi connectivity index (χ3n) is 4.29. The zero-order chi connectivity index (χ0) is 22.1. The molecule has 12 heteroatoms. The molecule has 0 bridgehead atoms. The van der Waals surface area contributed by atoms with E-state index in [2.05, 4.69) is 25.0 Å². The fourth-order valence-corrected chi connectivity index (χ4v) is 3.17. The van der Waals surface area contributed by atoms with E-state index in [-0.39, 0.29) is 27.8 Å². The van der Waals surface area contributed by atoms with Gasteiger partial charge in [-0.05, 0) is 31.2 Å². The van der Waals surface area contributed by atoms with Crippen LogP contribution in [0, 0.1) is 11.3 Å². The van der Waals surface area contributed by atoms with Crippen LogP contribution in [0.4, 0.5) is 19.0 Å². The highest BCUT2D eigenvalue weighted by Crippen LogP contribution is 2.41. The molecule has 1 aliphatic heterocycles. The molecule has 0 aromatic carbocycles. The lowest BCUT2D eigenvalue weighted by Gasteiger charge is -2.35. The predicted octanol–water partition coefficient (Wildman–Crippen LogP) is 3.14. The van der Waals surface area contributed by atoms with Crippen LogP contribution in [-0.4, -0.2) is 34.2 Å². The molecule has 2 atom stereocenters. The van der Waals surface area contributed by atoms with Gasteiger partial charge in [0.1, 0.15) is 23.1 Å². The average Bonchev–Trinajstić information content (AvgIpc) is 2.68. The highest BCUT2D eigenvalue weighted by Gasteiger charge is 2.50. The molecule has 0 radical (unpaired) electrons. The fourth-order valence-electron chi connectivity index (χ4n) is 2.86. The van der Waals surface area contributed by atoms with Gasteiger partial charge in [-0.25, -0.2) is 15.0 Å². The number of aliphatic imine (C=N–C) groups is 1. The number of carbonyl (C=O) groups is 1. The largest absolute Gasteiger partial charge is 0.452 e. The van der Waals surface area contributed by atoms with Crippen LogP contribution in [-0.2, 0) is 10.3 Å². The first-order valence-corrected chi connectivity index (χ1v) is 8.83. The number of carbonyl (C=O) groups excluding carboxylic acids is 1. The van der Waals surface area contributed by atoms with E-state index >= 15 is 0 Å². The Balaban J connectivity index is 1.90. The van der Waals surface area contributed by atoms with Gasteiger partial charge in [0, 0.05) is 12.6 Å². The van der Waals surface area contributed by atoms with Crippen LogP contribution < -0.4 is 11.1 Å². The highest BCUT2D eigenvalue weighted by atomic mass is 35.5. The number of alkyl halides is 3. The number of halogens is 4. The van der Waals surface area contributed by atoms with Gasteiger partial charge < -0.3 is 15.8 Å².